The molecule has 3 aromatic carbocycles. The van der Waals surface area contributed by atoms with E-state index >= 15 is 0 Å². The number of nitrogens with one attached hydrogen (secondary N) is 2. The fourth-order valence-corrected chi connectivity index (χ4v) is 10.3. The number of likely N-dealkylation sites (tertiary alicyclic amines) is 1. The second kappa shape index (κ2) is 10.9. The summed E-state index contributed by atoms with van der Waals surface area (Å²) in [5.74, 6) is -2.34. The van der Waals surface area contributed by atoms with Gasteiger partial charge in [0.05, 0.1) is 39.9 Å². The van der Waals surface area contributed by atoms with Crippen LogP contribution in [0.1, 0.15) is 18.0 Å². The summed E-state index contributed by atoms with van der Waals surface area (Å²) < 4.78 is -0.873. The van der Waals surface area contributed by atoms with E-state index in [1.807, 2.05) is 48.5 Å². The number of fused-ring (bicyclic) bond motifs is 1. The van der Waals surface area contributed by atoms with Crippen LogP contribution < -0.4 is 10.6 Å². The van der Waals surface area contributed by atoms with Crippen LogP contribution in [0.2, 0.25) is 5.02 Å². The van der Waals surface area contributed by atoms with Gasteiger partial charge in [-0.1, -0.05) is 88.2 Å². The Morgan fingerprint density at radius 2 is 1.65 bits per heavy atom. The summed E-state index contributed by atoms with van der Waals surface area (Å²) in [6, 6.07) is 23.6. The molecule has 0 radical (unpaired) electrons. The Morgan fingerprint density at radius 1 is 1.00 bits per heavy atom. The number of aliphatic hydroxyl groups is 1. The Kier molecular flexibility index (Phi) is 7.41. The van der Waals surface area contributed by atoms with Gasteiger partial charge in [0.15, 0.2) is 0 Å². The Hall–Kier alpha value is -2.85. The molecule has 10 heteroatoms. The molecule has 206 valence electrons. The number of anilines is 2. The molecule has 40 heavy (non-hydrogen) atoms. The Bertz CT molecular complexity index is 1450. The molecule has 3 aliphatic heterocycles. The van der Waals surface area contributed by atoms with Crippen molar-refractivity contribution in [2.75, 3.05) is 17.2 Å². The van der Waals surface area contributed by atoms with Crippen LogP contribution in [0.15, 0.2) is 84.9 Å². The summed E-state index contributed by atoms with van der Waals surface area (Å²) in [4.78, 5) is 43.9. The maximum Gasteiger partial charge on any atom is 0.248 e. The number of carbonyl (C=O) groups excluding carboxylic acids is 3. The summed E-state index contributed by atoms with van der Waals surface area (Å²) in [7, 11) is 0. The fraction of sp³-hybridized carbons (Fsp3) is 0.300. The van der Waals surface area contributed by atoms with Crippen molar-refractivity contribution in [3.05, 3.63) is 95.5 Å². The molecule has 0 saturated carbocycles. The lowest BCUT2D eigenvalue weighted by Crippen LogP contribution is -2.53. The first kappa shape index (κ1) is 27.3. The lowest BCUT2D eigenvalue weighted by Gasteiger charge is -2.37. The highest BCUT2D eigenvalue weighted by Gasteiger charge is 2.76. The monoisotopic (exact) mass is 639 g/mol. The molecule has 1 spiro atoms. The van der Waals surface area contributed by atoms with Crippen molar-refractivity contribution in [1.82, 2.24) is 4.90 Å². The van der Waals surface area contributed by atoms with E-state index in [0.717, 1.165) is 0 Å². The van der Waals surface area contributed by atoms with Crippen LogP contribution in [-0.4, -0.2) is 55.2 Å². The van der Waals surface area contributed by atoms with Gasteiger partial charge in [-0.2, -0.15) is 0 Å². The maximum atomic E-state index is 14.5. The third kappa shape index (κ3) is 4.43. The number of rotatable bonds is 7. The highest BCUT2D eigenvalue weighted by molar-refractivity contribution is 9.09. The predicted molar refractivity (Wildman–Crippen MR) is 160 cm³/mol. The highest BCUT2D eigenvalue weighted by atomic mass is 79.9. The number of amides is 3. The first-order chi connectivity index (χ1) is 19.4. The largest absolute Gasteiger partial charge is 0.394 e. The van der Waals surface area contributed by atoms with E-state index < -0.39 is 34.6 Å². The van der Waals surface area contributed by atoms with E-state index in [4.69, 9.17) is 11.6 Å². The SMILES string of the molecule is O=C(Nc1ccccc1Cl)C1N([C@H](CO)c2ccccc2)C(=O)[C@@H]2[C@@H](C(=O)Nc3ccccc3)[C@@H]3SC12CC3Br. The third-order valence-corrected chi connectivity index (χ3v) is 11.7. The van der Waals surface area contributed by atoms with Gasteiger partial charge in [0.2, 0.25) is 17.7 Å². The van der Waals surface area contributed by atoms with Gasteiger partial charge in [0, 0.05) is 15.8 Å². The first-order valence-electron chi connectivity index (χ1n) is 13.1. The van der Waals surface area contributed by atoms with Gasteiger partial charge in [0.1, 0.15) is 6.04 Å². The fourth-order valence-electron chi connectivity index (χ4n) is 6.54. The van der Waals surface area contributed by atoms with E-state index in [2.05, 4.69) is 26.6 Å². The van der Waals surface area contributed by atoms with Crippen molar-refractivity contribution in [3.63, 3.8) is 0 Å². The van der Waals surface area contributed by atoms with Gasteiger partial charge in [-0.3, -0.25) is 14.4 Å². The molecule has 3 amide bonds. The lowest BCUT2D eigenvalue weighted by molar-refractivity contribution is -0.141. The second-order valence-corrected chi connectivity index (χ2v) is 13.5. The molecule has 7 atom stereocenters. The van der Waals surface area contributed by atoms with Gasteiger partial charge in [-0.05, 0) is 36.2 Å². The van der Waals surface area contributed by atoms with Crippen molar-refractivity contribution in [2.45, 2.75) is 33.3 Å². The van der Waals surface area contributed by atoms with Gasteiger partial charge < -0.3 is 20.6 Å². The zero-order chi connectivity index (χ0) is 28.0. The van der Waals surface area contributed by atoms with E-state index in [1.54, 1.807) is 48.2 Å². The number of aliphatic hydroxyl groups excluding tert-OH is 1. The molecular weight excluding hydrogens is 614 g/mol. The summed E-state index contributed by atoms with van der Waals surface area (Å²) in [6.45, 7) is -0.374. The molecule has 0 aromatic heterocycles. The Labute approximate surface area is 249 Å². The number of nitrogens with zero attached hydrogens (tertiary/aromatic N) is 1. The number of para-hydroxylation sites is 2. The minimum Gasteiger partial charge on any atom is -0.394 e. The smallest absolute Gasteiger partial charge is 0.248 e. The van der Waals surface area contributed by atoms with Crippen molar-refractivity contribution >= 4 is 68.4 Å². The zero-order valence-corrected chi connectivity index (χ0v) is 24.4. The summed E-state index contributed by atoms with van der Waals surface area (Å²) in [5.41, 5.74) is 1.80. The van der Waals surface area contributed by atoms with Gasteiger partial charge in [-0.25, -0.2) is 0 Å². The minimum atomic E-state index is -0.941. The number of hydrogen-bond acceptors (Lipinski definition) is 5. The normalized spacial score (nSPS) is 29.2. The highest BCUT2D eigenvalue weighted by Crippen LogP contribution is 2.68. The molecule has 3 aromatic rings. The molecule has 3 unspecified atom stereocenters. The molecule has 7 nitrogen and oxygen atoms in total. The minimum absolute atomic E-state index is 0.0760. The molecule has 3 heterocycles. The molecule has 6 rings (SSSR count). The van der Waals surface area contributed by atoms with Crippen LogP contribution in [0.5, 0.6) is 0 Å². The Balaban J connectivity index is 1.43. The lowest BCUT2D eigenvalue weighted by atomic mass is 9.70. The van der Waals surface area contributed by atoms with Crippen LogP contribution in [0, 0.1) is 11.8 Å². The van der Waals surface area contributed by atoms with Crippen LogP contribution in [-0.2, 0) is 14.4 Å². The molecule has 2 bridgehead atoms. The number of benzene rings is 3. The van der Waals surface area contributed by atoms with Crippen LogP contribution in [0.25, 0.3) is 0 Å². The average molecular weight is 641 g/mol. The van der Waals surface area contributed by atoms with E-state index in [9.17, 15) is 19.5 Å². The number of thioether (sulfide) groups is 1. The standard InChI is InChI=1S/C30H27BrClN3O4S/c31-19-15-30-24(23(25(19)40-30)27(37)33-18-11-5-2-6-12-18)29(39)35(22(16-36)17-9-3-1-4-10-17)26(30)28(38)34-21-14-8-7-13-20(21)32/h1-14,19,22-26,36H,15-16H2,(H,33,37)(H,34,38)/t19?,22-,23-,24+,25-,26?,30?/m1/s1. The molecule has 3 N–H and O–H groups in total. The maximum absolute atomic E-state index is 14.5. The zero-order valence-electron chi connectivity index (χ0n) is 21.2. The van der Waals surface area contributed by atoms with Crippen molar-refractivity contribution in [3.8, 4) is 0 Å². The average Bonchev–Trinajstić information content (AvgIpc) is 3.55. The van der Waals surface area contributed by atoms with Crippen molar-refractivity contribution < 1.29 is 19.5 Å². The van der Waals surface area contributed by atoms with E-state index in [1.165, 1.54) is 4.90 Å². The van der Waals surface area contributed by atoms with Crippen LogP contribution in [0.4, 0.5) is 11.4 Å². The van der Waals surface area contributed by atoms with Gasteiger partial charge >= 0.3 is 0 Å². The summed E-state index contributed by atoms with van der Waals surface area (Å²) in [5, 5.41) is 16.7. The predicted octanol–water partition coefficient (Wildman–Crippen LogP) is 5.12. The Morgan fingerprint density at radius 3 is 2.33 bits per heavy atom. The number of alkyl halides is 1. The molecule has 3 aliphatic rings. The van der Waals surface area contributed by atoms with Crippen molar-refractivity contribution in [2.24, 2.45) is 11.8 Å². The number of hydrogen-bond donors (Lipinski definition) is 3. The van der Waals surface area contributed by atoms with Gasteiger partial charge in [0.25, 0.3) is 0 Å². The number of halogens is 2. The molecule has 3 saturated heterocycles. The van der Waals surface area contributed by atoms with E-state index in [0.29, 0.717) is 28.4 Å². The first-order valence-corrected chi connectivity index (χ1v) is 15.2. The summed E-state index contributed by atoms with van der Waals surface area (Å²) >= 11 is 11.7. The third-order valence-electron chi connectivity index (χ3n) is 8.14. The van der Waals surface area contributed by atoms with Crippen LogP contribution >= 0.6 is 39.3 Å². The molecular formula is C30H27BrClN3O4S. The van der Waals surface area contributed by atoms with E-state index in [-0.39, 0.29) is 28.5 Å². The molecule has 3 fully saturated rings. The van der Waals surface area contributed by atoms with Crippen molar-refractivity contribution in [1.29, 1.82) is 0 Å². The number of carbonyl (C=O) groups is 3. The quantitative estimate of drug-likeness (QED) is 0.312. The van der Waals surface area contributed by atoms with Gasteiger partial charge in [-0.15, -0.1) is 11.8 Å². The van der Waals surface area contributed by atoms with Crippen LogP contribution in [0.3, 0.4) is 0 Å². The summed E-state index contributed by atoms with van der Waals surface area (Å²) in [6.07, 6.45) is 0.526. The topological polar surface area (TPSA) is 98.7 Å². The second-order valence-electron chi connectivity index (χ2n) is 10.3. The molecule has 0 aliphatic carbocycles.